The van der Waals surface area contributed by atoms with E-state index in [1.165, 1.54) is 25.7 Å². The van der Waals surface area contributed by atoms with Gasteiger partial charge in [0.1, 0.15) is 6.04 Å². The molecule has 1 amide bonds. The summed E-state index contributed by atoms with van der Waals surface area (Å²) in [4.78, 5) is 33.2. The van der Waals surface area contributed by atoms with Gasteiger partial charge in [-0.1, -0.05) is 68.4 Å². The summed E-state index contributed by atoms with van der Waals surface area (Å²) in [5.74, 6) is -3.05. The van der Waals surface area contributed by atoms with Crippen molar-refractivity contribution in [1.29, 1.82) is 0 Å². The van der Waals surface area contributed by atoms with Gasteiger partial charge in [0.15, 0.2) is 0 Å². The van der Waals surface area contributed by atoms with Crippen LogP contribution in [0.15, 0.2) is 48.6 Å². The van der Waals surface area contributed by atoms with E-state index in [1.54, 1.807) is 0 Å². The molecule has 0 aromatic rings. The fourth-order valence-corrected chi connectivity index (χ4v) is 2.58. The summed E-state index contributed by atoms with van der Waals surface area (Å²) in [5.41, 5.74) is 0. The molecule has 0 bridgehead atoms. The number of nitrogens with one attached hydrogen (secondary N) is 1. The number of hydrogen-bond donors (Lipinski definition) is 3. The molecule has 0 saturated carbocycles. The molecule has 1 atom stereocenters. The summed E-state index contributed by atoms with van der Waals surface area (Å²) in [7, 11) is 0. The normalized spacial score (nSPS) is 13.0. The van der Waals surface area contributed by atoms with Crippen LogP contribution in [-0.4, -0.2) is 34.1 Å². The van der Waals surface area contributed by atoms with Crippen LogP contribution in [0.5, 0.6) is 0 Å². The largest absolute Gasteiger partial charge is 0.481 e. The van der Waals surface area contributed by atoms with Crippen LogP contribution in [0.2, 0.25) is 0 Å². The van der Waals surface area contributed by atoms with E-state index in [0.29, 0.717) is 12.8 Å². The molecule has 0 aliphatic heterocycles. The van der Waals surface area contributed by atoms with Crippen LogP contribution in [0.3, 0.4) is 0 Å². The quantitative estimate of drug-likeness (QED) is 0.210. The molecular formula is C24H37NO5. The molecule has 6 heteroatoms. The van der Waals surface area contributed by atoms with Gasteiger partial charge in [-0.3, -0.25) is 9.59 Å². The van der Waals surface area contributed by atoms with Crippen molar-refractivity contribution in [3.8, 4) is 0 Å². The lowest BCUT2D eigenvalue weighted by molar-refractivity contribution is -0.147. The average molecular weight is 420 g/mol. The van der Waals surface area contributed by atoms with E-state index in [4.69, 9.17) is 10.2 Å². The Balaban J connectivity index is 3.74. The van der Waals surface area contributed by atoms with Gasteiger partial charge in [0, 0.05) is 6.42 Å². The molecule has 3 N–H and O–H groups in total. The van der Waals surface area contributed by atoms with Crippen molar-refractivity contribution in [1.82, 2.24) is 5.32 Å². The molecule has 168 valence electrons. The minimum atomic E-state index is -1.38. The lowest BCUT2D eigenvalue weighted by Gasteiger charge is -2.11. The van der Waals surface area contributed by atoms with E-state index in [9.17, 15) is 14.4 Å². The van der Waals surface area contributed by atoms with Gasteiger partial charge < -0.3 is 15.5 Å². The van der Waals surface area contributed by atoms with Crippen molar-refractivity contribution in [3.63, 3.8) is 0 Å². The zero-order chi connectivity index (χ0) is 22.5. The number of carbonyl (C=O) groups excluding carboxylic acids is 1. The maximum Gasteiger partial charge on any atom is 0.326 e. The topological polar surface area (TPSA) is 104 Å². The lowest BCUT2D eigenvalue weighted by Crippen LogP contribution is -2.42. The van der Waals surface area contributed by atoms with Gasteiger partial charge in [-0.25, -0.2) is 4.79 Å². The molecule has 30 heavy (non-hydrogen) atoms. The first-order valence-electron chi connectivity index (χ1n) is 10.8. The highest BCUT2D eigenvalue weighted by Gasteiger charge is 2.22. The minimum absolute atomic E-state index is 0.168. The van der Waals surface area contributed by atoms with Gasteiger partial charge in [0.2, 0.25) is 5.91 Å². The second-order valence-electron chi connectivity index (χ2n) is 7.04. The van der Waals surface area contributed by atoms with E-state index in [0.717, 1.165) is 19.3 Å². The molecule has 0 fully saturated rings. The molecular weight excluding hydrogens is 382 g/mol. The molecule has 0 aromatic heterocycles. The van der Waals surface area contributed by atoms with Crippen molar-refractivity contribution in [3.05, 3.63) is 48.6 Å². The van der Waals surface area contributed by atoms with E-state index >= 15 is 0 Å². The maximum absolute atomic E-state index is 11.7. The van der Waals surface area contributed by atoms with E-state index in [2.05, 4.69) is 48.7 Å². The fraction of sp³-hybridized carbons (Fsp3) is 0.542. The number of aliphatic carboxylic acids is 2. The second-order valence-corrected chi connectivity index (χ2v) is 7.04. The molecule has 6 nitrogen and oxygen atoms in total. The first-order valence-corrected chi connectivity index (χ1v) is 10.8. The van der Waals surface area contributed by atoms with Crippen LogP contribution < -0.4 is 5.32 Å². The number of amides is 1. The number of allylic oxidation sites excluding steroid dienone is 8. The van der Waals surface area contributed by atoms with Crippen LogP contribution in [-0.2, 0) is 14.4 Å². The van der Waals surface area contributed by atoms with Crippen LogP contribution in [0, 0.1) is 0 Å². The van der Waals surface area contributed by atoms with Crippen molar-refractivity contribution in [2.24, 2.45) is 0 Å². The highest BCUT2D eigenvalue weighted by atomic mass is 16.4. The molecule has 0 aliphatic carbocycles. The summed E-state index contributed by atoms with van der Waals surface area (Å²) in [6, 6.07) is -1.38. The molecule has 0 saturated heterocycles. The average Bonchev–Trinajstić information content (AvgIpc) is 2.69. The zero-order valence-corrected chi connectivity index (χ0v) is 18.1. The minimum Gasteiger partial charge on any atom is -0.481 e. The highest BCUT2D eigenvalue weighted by Crippen LogP contribution is 2.02. The summed E-state index contributed by atoms with van der Waals surface area (Å²) >= 11 is 0. The first kappa shape index (κ1) is 27.4. The third-order valence-corrected chi connectivity index (χ3v) is 4.24. The van der Waals surface area contributed by atoms with E-state index in [1.807, 2.05) is 12.2 Å². The third-order valence-electron chi connectivity index (χ3n) is 4.24. The van der Waals surface area contributed by atoms with Crippen molar-refractivity contribution >= 4 is 17.8 Å². The summed E-state index contributed by atoms with van der Waals surface area (Å²) in [6.07, 6.45) is 25.6. The molecule has 0 radical (unpaired) electrons. The smallest absolute Gasteiger partial charge is 0.326 e. The molecule has 0 rings (SSSR count). The number of carboxylic acid groups (broad SMARTS) is 2. The predicted octanol–water partition coefficient (Wildman–Crippen LogP) is 5.18. The molecule has 0 aliphatic rings. The number of rotatable bonds is 18. The van der Waals surface area contributed by atoms with Gasteiger partial charge in [-0.05, 0) is 44.9 Å². The van der Waals surface area contributed by atoms with Gasteiger partial charge in [0.05, 0.1) is 6.42 Å². The maximum atomic E-state index is 11.7. The third kappa shape index (κ3) is 18.7. The van der Waals surface area contributed by atoms with Gasteiger partial charge in [0.25, 0.3) is 0 Å². The highest BCUT2D eigenvalue weighted by molar-refractivity contribution is 5.86. The number of unbranched alkanes of at least 4 members (excludes halogenated alkanes) is 4. The summed E-state index contributed by atoms with van der Waals surface area (Å²) in [5, 5.41) is 19.8. The molecule has 0 unspecified atom stereocenters. The number of hydrogen-bond acceptors (Lipinski definition) is 3. The Morgan fingerprint density at radius 2 is 1.27 bits per heavy atom. The van der Waals surface area contributed by atoms with E-state index < -0.39 is 30.3 Å². The SMILES string of the molecule is CCCCC/C=C\C/C=C\C/C=C\C/C=C\CCCC(=O)N[C@@H](CC(=O)O)C(=O)O. The zero-order valence-electron chi connectivity index (χ0n) is 18.1. The van der Waals surface area contributed by atoms with Crippen LogP contribution in [0.25, 0.3) is 0 Å². The Bertz CT molecular complexity index is 605. The number of carbonyl (C=O) groups is 3. The summed E-state index contributed by atoms with van der Waals surface area (Å²) < 4.78 is 0. The second kappa shape index (κ2) is 19.7. The monoisotopic (exact) mass is 419 g/mol. The van der Waals surface area contributed by atoms with Crippen LogP contribution in [0.4, 0.5) is 0 Å². The Morgan fingerprint density at radius 1 is 0.767 bits per heavy atom. The first-order chi connectivity index (χ1) is 14.5. The van der Waals surface area contributed by atoms with Gasteiger partial charge >= 0.3 is 11.9 Å². The van der Waals surface area contributed by atoms with Gasteiger partial charge in [-0.15, -0.1) is 0 Å². The number of carboxylic acids is 2. The standard InChI is InChI=1S/C24H37NO5/c1-2-3-4-5-6-7-8-9-10-11-12-13-14-15-16-17-18-19-22(26)25-21(24(29)30)20-23(27)28/h6-7,9-10,12-13,15-16,21H,2-5,8,11,14,17-20H2,1H3,(H,25,26)(H,27,28)(H,29,30)/b7-6-,10-9-,13-12-,16-15-/t21-/m0/s1. The van der Waals surface area contributed by atoms with Crippen molar-refractivity contribution in [2.45, 2.75) is 83.6 Å². The van der Waals surface area contributed by atoms with Crippen molar-refractivity contribution < 1.29 is 24.6 Å². The molecule has 0 heterocycles. The Labute approximate surface area is 180 Å². The van der Waals surface area contributed by atoms with Gasteiger partial charge in [-0.2, -0.15) is 0 Å². The summed E-state index contributed by atoms with van der Waals surface area (Å²) in [6.45, 7) is 2.21. The lowest BCUT2D eigenvalue weighted by atomic mass is 10.1. The Hall–Kier alpha value is -2.63. The van der Waals surface area contributed by atoms with Crippen molar-refractivity contribution in [2.75, 3.05) is 0 Å². The fourth-order valence-electron chi connectivity index (χ4n) is 2.58. The van der Waals surface area contributed by atoms with Crippen LogP contribution in [0.1, 0.15) is 77.6 Å². The van der Waals surface area contributed by atoms with E-state index in [-0.39, 0.29) is 6.42 Å². The van der Waals surface area contributed by atoms with Crippen LogP contribution >= 0.6 is 0 Å². The Kier molecular flexibility index (Phi) is 18.0. The predicted molar refractivity (Wildman–Crippen MR) is 120 cm³/mol. The molecule has 0 aromatic carbocycles. The Morgan fingerprint density at radius 3 is 1.73 bits per heavy atom. The molecule has 0 spiro atoms.